The van der Waals surface area contributed by atoms with Crippen molar-refractivity contribution >= 4 is 5.97 Å². The largest absolute Gasteiger partial charge is 0.504 e. The van der Waals surface area contributed by atoms with E-state index in [0.29, 0.717) is 0 Å². The summed E-state index contributed by atoms with van der Waals surface area (Å²) in [6, 6.07) is 2.62. The lowest BCUT2D eigenvalue weighted by molar-refractivity contribution is -0.0217. The summed E-state index contributed by atoms with van der Waals surface area (Å²) in [4.78, 5) is 11.4. The third kappa shape index (κ3) is 1.32. The first-order chi connectivity index (χ1) is 7.02. The molecule has 0 bridgehead atoms. The van der Waals surface area contributed by atoms with Gasteiger partial charge in [-0.2, -0.15) is 0 Å². The van der Waals surface area contributed by atoms with Crippen LogP contribution in [-0.4, -0.2) is 27.4 Å². The van der Waals surface area contributed by atoms with Crippen molar-refractivity contribution in [2.45, 2.75) is 19.1 Å². The molecule has 0 aliphatic carbocycles. The molecule has 5 nitrogen and oxygen atoms in total. The van der Waals surface area contributed by atoms with Crippen LogP contribution in [0.15, 0.2) is 12.1 Å². The molecule has 0 radical (unpaired) electrons. The lowest BCUT2D eigenvalue weighted by atomic mass is 9.95. The molecule has 0 fully saturated rings. The predicted molar refractivity (Wildman–Crippen MR) is 49.6 cm³/mol. The fraction of sp³-hybridized carbons (Fsp3) is 0.300. The average molecular weight is 210 g/mol. The summed E-state index contributed by atoms with van der Waals surface area (Å²) in [6.07, 6.45) is -1.64. The third-order valence-electron chi connectivity index (χ3n) is 2.45. The summed E-state index contributed by atoms with van der Waals surface area (Å²) >= 11 is 0. The summed E-state index contributed by atoms with van der Waals surface area (Å²) in [6.45, 7) is 1.55. The van der Waals surface area contributed by atoms with Crippen LogP contribution in [0.3, 0.4) is 0 Å². The van der Waals surface area contributed by atoms with Gasteiger partial charge in [0.2, 0.25) is 0 Å². The molecule has 0 spiro atoms. The van der Waals surface area contributed by atoms with Gasteiger partial charge in [-0.05, 0) is 13.0 Å². The number of aliphatic hydroxyl groups is 1. The smallest absolute Gasteiger partial charge is 0.342 e. The zero-order valence-corrected chi connectivity index (χ0v) is 7.97. The Morgan fingerprint density at radius 1 is 1.33 bits per heavy atom. The number of aliphatic hydroxyl groups excluding tert-OH is 1. The van der Waals surface area contributed by atoms with Crippen molar-refractivity contribution < 1.29 is 24.9 Å². The monoisotopic (exact) mass is 210 g/mol. The van der Waals surface area contributed by atoms with Crippen LogP contribution in [0.5, 0.6) is 11.5 Å². The minimum Gasteiger partial charge on any atom is -0.504 e. The number of cyclic esters (lactones) is 1. The van der Waals surface area contributed by atoms with Gasteiger partial charge in [0.25, 0.3) is 0 Å². The van der Waals surface area contributed by atoms with Gasteiger partial charge in [-0.25, -0.2) is 4.79 Å². The van der Waals surface area contributed by atoms with Gasteiger partial charge in [0.05, 0.1) is 0 Å². The molecular formula is C10H10O5. The molecule has 2 atom stereocenters. The van der Waals surface area contributed by atoms with Crippen LogP contribution in [-0.2, 0) is 4.74 Å². The molecule has 1 aliphatic heterocycles. The highest BCUT2D eigenvalue weighted by Crippen LogP contribution is 2.39. The Hall–Kier alpha value is -1.75. The van der Waals surface area contributed by atoms with Gasteiger partial charge in [0.15, 0.2) is 11.5 Å². The number of rotatable bonds is 0. The highest BCUT2D eigenvalue weighted by Gasteiger charge is 2.34. The zero-order valence-electron chi connectivity index (χ0n) is 7.97. The van der Waals surface area contributed by atoms with Crippen LogP contribution in [0, 0.1) is 0 Å². The number of benzene rings is 1. The molecule has 15 heavy (non-hydrogen) atoms. The molecule has 1 aliphatic rings. The first kappa shape index (κ1) is 9.79. The number of hydrogen-bond acceptors (Lipinski definition) is 5. The van der Waals surface area contributed by atoms with Gasteiger partial charge in [-0.15, -0.1) is 0 Å². The van der Waals surface area contributed by atoms with Crippen LogP contribution in [0.4, 0.5) is 0 Å². The lowest BCUT2D eigenvalue weighted by Gasteiger charge is -2.27. The molecule has 1 aromatic carbocycles. The maximum Gasteiger partial charge on any atom is 0.342 e. The maximum atomic E-state index is 11.4. The van der Waals surface area contributed by atoms with Crippen LogP contribution in [0.1, 0.15) is 28.9 Å². The van der Waals surface area contributed by atoms with E-state index in [9.17, 15) is 20.1 Å². The number of esters is 1. The topological polar surface area (TPSA) is 87.0 Å². The Kier molecular flexibility index (Phi) is 2.04. The second-order valence-corrected chi connectivity index (χ2v) is 3.45. The molecule has 1 aromatic rings. The second-order valence-electron chi connectivity index (χ2n) is 3.45. The Labute approximate surface area is 85.5 Å². The normalized spacial score (nSPS) is 24.5. The van der Waals surface area contributed by atoms with Crippen molar-refractivity contribution in [1.29, 1.82) is 0 Å². The highest BCUT2D eigenvalue weighted by atomic mass is 16.6. The molecule has 0 saturated heterocycles. The molecule has 2 rings (SSSR count). The Bertz CT molecular complexity index is 426. The molecule has 3 N–H and O–H groups in total. The van der Waals surface area contributed by atoms with Crippen molar-refractivity contribution in [3.8, 4) is 11.5 Å². The molecular weight excluding hydrogens is 200 g/mol. The van der Waals surface area contributed by atoms with Crippen LogP contribution in [0.2, 0.25) is 0 Å². The summed E-state index contributed by atoms with van der Waals surface area (Å²) in [5, 5.41) is 28.4. The lowest BCUT2D eigenvalue weighted by Crippen LogP contribution is -2.29. The third-order valence-corrected chi connectivity index (χ3v) is 2.45. The number of ether oxygens (including phenoxy) is 1. The fourth-order valence-corrected chi connectivity index (χ4v) is 1.60. The Morgan fingerprint density at radius 2 is 2.00 bits per heavy atom. The molecule has 0 saturated carbocycles. The van der Waals surface area contributed by atoms with Gasteiger partial charge in [0.1, 0.15) is 17.8 Å². The van der Waals surface area contributed by atoms with E-state index < -0.39 is 29.7 Å². The number of hydrogen-bond donors (Lipinski definition) is 3. The molecule has 0 unspecified atom stereocenters. The van der Waals surface area contributed by atoms with E-state index in [1.165, 1.54) is 12.1 Å². The van der Waals surface area contributed by atoms with Crippen LogP contribution < -0.4 is 0 Å². The molecule has 5 heteroatoms. The number of carbonyl (C=O) groups is 1. The first-order valence-electron chi connectivity index (χ1n) is 4.46. The SMILES string of the molecule is C[C@H]1OC(=O)c2c(ccc(O)c2O)[C@@H]1O. The van der Waals surface area contributed by atoms with Crippen LogP contribution >= 0.6 is 0 Å². The van der Waals surface area contributed by atoms with Gasteiger partial charge in [0, 0.05) is 5.56 Å². The van der Waals surface area contributed by atoms with E-state index in [2.05, 4.69) is 0 Å². The summed E-state index contributed by atoms with van der Waals surface area (Å²) in [5.41, 5.74) is 0.106. The number of carbonyl (C=O) groups excluding carboxylic acids is 1. The van der Waals surface area contributed by atoms with Crippen molar-refractivity contribution in [1.82, 2.24) is 0 Å². The fourth-order valence-electron chi connectivity index (χ4n) is 1.60. The Morgan fingerprint density at radius 3 is 2.67 bits per heavy atom. The summed E-state index contributed by atoms with van der Waals surface area (Å²) < 4.78 is 4.80. The van der Waals surface area contributed by atoms with E-state index in [-0.39, 0.29) is 11.1 Å². The van der Waals surface area contributed by atoms with Crippen molar-refractivity contribution in [3.05, 3.63) is 23.3 Å². The van der Waals surface area contributed by atoms with Gasteiger partial charge >= 0.3 is 5.97 Å². The summed E-state index contributed by atoms with van der Waals surface area (Å²) in [5.74, 6) is -1.70. The number of aromatic hydroxyl groups is 2. The number of phenolic OH excluding ortho intramolecular Hbond substituents is 2. The van der Waals surface area contributed by atoms with E-state index in [0.717, 1.165) is 0 Å². The van der Waals surface area contributed by atoms with Crippen molar-refractivity contribution in [2.24, 2.45) is 0 Å². The van der Waals surface area contributed by atoms with E-state index in [1.54, 1.807) is 6.92 Å². The molecule has 1 heterocycles. The number of phenols is 2. The summed E-state index contributed by atoms with van der Waals surface area (Å²) in [7, 11) is 0. The quantitative estimate of drug-likeness (QED) is 0.433. The van der Waals surface area contributed by atoms with Crippen molar-refractivity contribution in [3.63, 3.8) is 0 Å². The Balaban J connectivity index is 2.66. The maximum absolute atomic E-state index is 11.4. The van der Waals surface area contributed by atoms with Crippen molar-refractivity contribution in [2.75, 3.05) is 0 Å². The molecule has 80 valence electrons. The minimum absolute atomic E-state index is 0.166. The van der Waals surface area contributed by atoms with E-state index >= 15 is 0 Å². The van der Waals surface area contributed by atoms with E-state index in [4.69, 9.17) is 4.74 Å². The second kappa shape index (κ2) is 3.13. The number of fused-ring (bicyclic) bond motifs is 1. The van der Waals surface area contributed by atoms with E-state index in [1.807, 2.05) is 0 Å². The minimum atomic E-state index is -0.982. The van der Waals surface area contributed by atoms with Gasteiger partial charge < -0.3 is 20.1 Å². The standard InChI is InChI=1S/C10H10O5/c1-4-8(12)5-2-3-6(11)9(13)7(5)10(14)15-4/h2-4,8,11-13H,1H3/t4-,8-/m1/s1. The average Bonchev–Trinajstić information content (AvgIpc) is 2.18. The first-order valence-corrected chi connectivity index (χ1v) is 4.46. The molecule has 0 aromatic heterocycles. The zero-order chi connectivity index (χ0) is 11.2. The van der Waals surface area contributed by atoms with Gasteiger partial charge in [-0.3, -0.25) is 0 Å². The highest BCUT2D eigenvalue weighted by molar-refractivity contribution is 5.96. The predicted octanol–water partition coefficient (Wildman–Crippen LogP) is 0.690. The molecule has 0 amide bonds. The van der Waals surface area contributed by atoms with Crippen LogP contribution in [0.25, 0.3) is 0 Å². The van der Waals surface area contributed by atoms with Gasteiger partial charge in [-0.1, -0.05) is 6.07 Å².